The molecule has 1 aliphatic rings. The summed E-state index contributed by atoms with van der Waals surface area (Å²) < 4.78 is 13.8. The predicted molar refractivity (Wildman–Crippen MR) is 118 cm³/mol. The van der Waals surface area contributed by atoms with E-state index in [0.29, 0.717) is 19.4 Å². The van der Waals surface area contributed by atoms with E-state index in [-0.39, 0.29) is 33.2 Å². The summed E-state index contributed by atoms with van der Waals surface area (Å²) in [5, 5.41) is 10.4. The Hall–Kier alpha value is -2.53. The zero-order valence-corrected chi connectivity index (χ0v) is 18.2. The largest absolute Gasteiger partial charge is 0.390 e. The van der Waals surface area contributed by atoms with Crippen LogP contribution in [0.25, 0.3) is 10.3 Å². The minimum atomic E-state index is -0.730. The fourth-order valence-electron chi connectivity index (χ4n) is 4.00. The maximum Gasteiger partial charge on any atom is 0.311 e. The number of aliphatic hydroxyl groups is 1. The Kier molecular flexibility index (Phi) is 6.24. The molecule has 9 nitrogen and oxygen atoms in total. The molecule has 166 valence electrons. The standard InChI is InChI=1S/C21H26N4O5S/c1-3-14(26)15-9-13(11(2)29-10-12-7-5-4-6-8-12)19(30-15)25-17-16(31-21(25)28)18(27)24-20(22)23-17/h4-8,11,13-15,19,26H,3,9-10H2,1-2H3,(H3,22,23,24,27)/t11-,13+,14+,15+,19-/m1/s1. The van der Waals surface area contributed by atoms with Crippen LogP contribution >= 0.6 is 11.3 Å². The zero-order chi connectivity index (χ0) is 22.1. The number of aliphatic hydroxyl groups excluding tert-OH is 1. The molecule has 0 aliphatic carbocycles. The number of aromatic nitrogens is 3. The normalized spacial score (nSPS) is 23.3. The third-order valence-electron chi connectivity index (χ3n) is 5.74. The van der Waals surface area contributed by atoms with Crippen LogP contribution in [0.15, 0.2) is 39.9 Å². The number of anilines is 1. The number of H-pyrrole nitrogens is 1. The summed E-state index contributed by atoms with van der Waals surface area (Å²) in [6.45, 7) is 4.22. The number of nitrogens with one attached hydrogen (secondary N) is 1. The third kappa shape index (κ3) is 4.29. The quantitative estimate of drug-likeness (QED) is 0.506. The molecule has 4 N–H and O–H groups in total. The molecule has 31 heavy (non-hydrogen) atoms. The van der Waals surface area contributed by atoms with E-state index in [2.05, 4.69) is 9.97 Å². The Balaban J connectivity index is 1.68. The highest BCUT2D eigenvalue weighted by molar-refractivity contribution is 7.16. The molecule has 0 saturated carbocycles. The van der Waals surface area contributed by atoms with Crippen LogP contribution in [-0.4, -0.2) is 38.0 Å². The molecule has 0 spiro atoms. The molecule has 2 aromatic heterocycles. The van der Waals surface area contributed by atoms with Crippen LogP contribution in [0.4, 0.5) is 5.95 Å². The molecule has 3 heterocycles. The number of fused-ring (bicyclic) bond motifs is 1. The Morgan fingerprint density at radius 1 is 1.39 bits per heavy atom. The van der Waals surface area contributed by atoms with Gasteiger partial charge in [-0.15, -0.1) is 0 Å². The van der Waals surface area contributed by atoms with Gasteiger partial charge in [0.05, 0.1) is 24.9 Å². The van der Waals surface area contributed by atoms with Crippen molar-refractivity contribution in [2.45, 2.75) is 57.8 Å². The first-order valence-electron chi connectivity index (χ1n) is 10.3. The number of nitrogen functional groups attached to an aromatic ring is 1. The number of thiazole rings is 1. The molecular formula is C21H26N4O5S. The Labute approximate surface area is 182 Å². The van der Waals surface area contributed by atoms with Gasteiger partial charge in [0.25, 0.3) is 5.56 Å². The molecule has 5 atom stereocenters. The summed E-state index contributed by atoms with van der Waals surface area (Å²) in [6, 6.07) is 9.80. The van der Waals surface area contributed by atoms with Crippen LogP contribution in [0.5, 0.6) is 0 Å². The van der Waals surface area contributed by atoms with Crippen LogP contribution in [0.2, 0.25) is 0 Å². The summed E-state index contributed by atoms with van der Waals surface area (Å²) in [5.41, 5.74) is 6.48. The second-order valence-corrected chi connectivity index (χ2v) is 8.75. The van der Waals surface area contributed by atoms with Crippen LogP contribution in [0.3, 0.4) is 0 Å². The smallest absolute Gasteiger partial charge is 0.311 e. The second kappa shape index (κ2) is 8.91. The average molecular weight is 447 g/mol. The van der Waals surface area contributed by atoms with Gasteiger partial charge >= 0.3 is 4.87 Å². The van der Waals surface area contributed by atoms with Gasteiger partial charge < -0.3 is 20.3 Å². The molecule has 4 rings (SSSR count). The highest BCUT2D eigenvalue weighted by Gasteiger charge is 2.44. The predicted octanol–water partition coefficient (Wildman–Crippen LogP) is 2.01. The van der Waals surface area contributed by atoms with Gasteiger partial charge in [-0.1, -0.05) is 48.6 Å². The molecular weight excluding hydrogens is 420 g/mol. The zero-order valence-electron chi connectivity index (χ0n) is 17.4. The summed E-state index contributed by atoms with van der Waals surface area (Å²) >= 11 is 0.803. The minimum Gasteiger partial charge on any atom is -0.390 e. The van der Waals surface area contributed by atoms with E-state index in [9.17, 15) is 14.7 Å². The molecule has 1 aliphatic heterocycles. The van der Waals surface area contributed by atoms with Crippen molar-refractivity contribution in [2.75, 3.05) is 5.73 Å². The molecule has 0 bridgehead atoms. The van der Waals surface area contributed by atoms with Crippen molar-refractivity contribution in [3.63, 3.8) is 0 Å². The lowest BCUT2D eigenvalue weighted by Crippen LogP contribution is -2.31. The number of nitrogens with two attached hydrogens (primary N) is 1. The molecule has 1 aromatic carbocycles. The topological polar surface area (TPSA) is 132 Å². The molecule has 10 heteroatoms. The summed E-state index contributed by atoms with van der Waals surface area (Å²) in [4.78, 5) is 31.3. The maximum atomic E-state index is 12.8. The molecule has 1 saturated heterocycles. The number of hydrogen-bond acceptors (Lipinski definition) is 8. The van der Waals surface area contributed by atoms with Crippen molar-refractivity contribution in [3.8, 4) is 0 Å². The van der Waals surface area contributed by atoms with Crippen molar-refractivity contribution in [1.29, 1.82) is 0 Å². The van der Waals surface area contributed by atoms with Crippen molar-refractivity contribution < 1.29 is 14.6 Å². The number of nitrogens with zero attached hydrogens (tertiary/aromatic N) is 2. The van der Waals surface area contributed by atoms with E-state index < -0.39 is 24.0 Å². The van der Waals surface area contributed by atoms with Crippen molar-refractivity contribution in [3.05, 3.63) is 55.9 Å². The fourth-order valence-corrected chi connectivity index (χ4v) is 4.84. The van der Waals surface area contributed by atoms with E-state index in [1.807, 2.05) is 44.2 Å². The van der Waals surface area contributed by atoms with E-state index >= 15 is 0 Å². The number of aromatic amines is 1. The lowest BCUT2D eigenvalue weighted by Gasteiger charge is -2.25. The van der Waals surface area contributed by atoms with Gasteiger partial charge in [-0.2, -0.15) is 4.98 Å². The molecule has 3 aromatic rings. The van der Waals surface area contributed by atoms with E-state index in [1.54, 1.807) is 0 Å². The molecule has 1 fully saturated rings. The Morgan fingerprint density at radius 3 is 2.84 bits per heavy atom. The lowest BCUT2D eigenvalue weighted by atomic mass is 9.95. The molecule has 0 radical (unpaired) electrons. The summed E-state index contributed by atoms with van der Waals surface area (Å²) in [7, 11) is 0. The van der Waals surface area contributed by atoms with Gasteiger partial charge in [-0.25, -0.2) is 0 Å². The molecule has 0 unspecified atom stereocenters. The highest BCUT2D eigenvalue weighted by Crippen LogP contribution is 2.40. The lowest BCUT2D eigenvalue weighted by molar-refractivity contribution is -0.0819. The third-order valence-corrected chi connectivity index (χ3v) is 6.68. The second-order valence-electron chi connectivity index (χ2n) is 7.78. The first-order chi connectivity index (χ1) is 14.9. The van der Waals surface area contributed by atoms with Crippen molar-refractivity contribution in [2.24, 2.45) is 5.92 Å². The minimum absolute atomic E-state index is 0.0721. The van der Waals surface area contributed by atoms with Gasteiger partial charge in [-0.3, -0.25) is 19.1 Å². The van der Waals surface area contributed by atoms with Gasteiger partial charge in [0.1, 0.15) is 10.9 Å². The first-order valence-corrected chi connectivity index (χ1v) is 11.1. The van der Waals surface area contributed by atoms with Crippen LogP contribution in [0.1, 0.15) is 38.5 Å². The average Bonchev–Trinajstić information content (AvgIpc) is 3.33. The van der Waals surface area contributed by atoms with Crippen molar-refractivity contribution in [1.82, 2.24) is 14.5 Å². The first kappa shape index (κ1) is 21.7. The van der Waals surface area contributed by atoms with E-state index in [0.717, 1.165) is 16.9 Å². The van der Waals surface area contributed by atoms with Gasteiger partial charge in [0.15, 0.2) is 5.65 Å². The van der Waals surface area contributed by atoms with Gasteiger partial charge in [0.2, 0.25) is 5.95 Å². The van der Waals surface area contributed by atoms with Crippen molar-refractivity contribution >= 4 is 27.6 Å². The molecule has 0 amide bonds. The number of hydrogen-bond donors (Lipinski definition) is 3. The van der Waals surface area contributed by atoms with E-state index in [1.165, 1.54) is 4.57 Å². The van der Waals surface area contributed by atoms with Crippen LogP contribution in [0, 0.1) is 5.92 Å². The van der Waals surface area contributed by atoms with Crippen LogP contribution < -0.4 is 16.2 Å². The summed E-state index contributed by atoms with van der Waals surface area (Å²) in [5.74, 6) is -0.301. The highest BCUT2D eigenvalue weighted by atomic mass is 32.1. The SMILES string of the molecule is CC[C@H](O)[C@@H]1C[C@@H]([C@@H](C)OCc2ccccc2)[C@H](n2c(=O)sc3c(=O)[nH]c(N)nc32)O1. The fraction of sp³-hybridized carbons (Fsp3) is 0.476. The number of ether oxygens (including phenoxy) is 2. The van der Waals surface area contributed by atoms with E-state index in [4.69, 9.17) is 15.2 Å². The maximum absolute atomic E-state index is 12.8. The Bertz CT molecular complexity index is 1160. The van der Waals surface area contributed by atoms with Gasteiger partial charge in [-0.05, 0) is 25.3 Å². The monoisotopic (exact) mass is 446 g/mol. The number of rotatable bonds is 7. The number of benzene rings is 1. The Morgan fingerprint density at radius 2 is 2.13 bits per heavy atom. The summed E-state index contributed by atoms with van der Waals surface area (Å²) in [6.07, 6.45) is -1.10. The van der Waals surface area contributed by atoms with Crippen LogP contribution in [-0.2, 0) is 16.1 Å². The van der Waals surface area contributed by atoms with Gasteiger partial charge in [0, 0.05) is 5.92 Å².